The van der Waals surface area contributed by atoms with Gasteiger partial charge >= 0.3 is 0 Å². The van der Waals surface area contributed by atoms with E-state index in [1.165, 1.54) is 0 Å². The fourth-order valence-electron chi connectivity index (χ4n) is 0.506. The van der Waals surface area contributed by atoms with E-state index >= 15 is 0 Å². The van der Waals surface area contributed by atoms with E-state index in [9.17, 15) is 0 Å². The van der Waals surface area contributed by atoms with Crippen molar-refractivity contribution in [1.29, 1.82) is 0 Å². The Bertz CT molecular complexity index is 154. The Labute approximate surface area is 48.4 Å². The van der Waals surface area contributed by atoms with Gasteiger partial charge in [0.2, 0.25) is 0 Å². The number of hydrogen-bond donors (Lipinski definition) is 1. The van der Waals surface area contributed by atoms with Gasteiger partial charge in [0.15, 0.2) is 0 Å². The molecule has 0 aromatic rings. The third kappa shape index (κ3) is 1.22. The number of hydrogen-bond acceptors (Lipinski definition) is 2. The fraction of sp³-hybridized carbons (Fsp3) is 0.167. The summed E-state index contributed by atoms with van der Waals surface area (Å²) in [6, 6.07) is 0. The predicted octanol–water partition coefficient (Wildman–Crippen LogP) is 0.817. The summed E-state index contributed by atoms with van der Waals surface area (Å²) in [5.74, 6) is 0. The summed E-state index contributed by atoms with van der Waals surface area (Å²) < 4.78 is 0. The summed E-state index contributed by atoms with van der Waals surface area (Å²) in [6.45, 7) is 0. The monoisotopic (exact) mass is 108 g/mol. The van der Waals surface area contributed by atoms with E-state index in [1.54, 1.807) is 12.4 Å². The Morgan fingerprint density at radius 2 is 2.50 bits per heavy atom. The first kappa shape index (κ1) is 5.09. The van der Waals surface area contributed by atoms with Crippen molar-refractivity contribution in [2.24, 2.45) is 10.7 Å². The molecular formula is C6H8N2. The molecule has 0 aromatic carbocycles. The van der Waals surface area contributed by atoms with Crippen molar-refractivity contribution < 1.29 is 0 Å². The van der Waals surface area contributed by atoms with Crippen molar-refractivity contribution in [1.82, 2.24) is 0 Å². The van der Waals surface area contributed by atoms with Crippen molar-refractivity contribution in [3.8, 4) is 0 Å². The van der Waals surface area contributed by atoms with Gasteiger partial charge in [0.1, 0.15) is 0 Å². The van der Waals surface area contributed by atoms with Crippen molar-refractivity contribution in [2.45, 2.75) is 6.42 Å². The number of rotatable bonds is 0. The zero-order chi connectivity index (χ0) is 5.82. The molecule has 0 saturated heterocycles. The van der Waals surface area contributed by atoms with Gasteiger partial charge in [-0.15, -0.1) is 0 Å². The van der Waals surface area contributed by atoms with E-state index in [1.807, 2.05) is 12.2 Å². The van der Waals surface area contributed by atoms with Crippen LogP contribution in [0.3, 0.4) is 0 Å². The summed E-state index contributed by atoms with van der Waals surface area (Å²) in [4.78, 5) is 3.85. The highest BCUT2D eigenvalue weighted by atomic mass is 14.7. The molecule has 0 aromatic heterocycles. The van der Waals surface area contributed by atoms with E-state index < -0.39 is 0 Å². The van der Waals surface area contributed by atoms with E-state index in [0.29, 0.717) is 0 Å². The minimum Gasteiger partial charge on any atom is -0.401 e. The Hall–Kier alpha value is -1.05. The number of allylic oxidation sites excluding steroid dienone is 2. The average molecular weight is 108 g/mol. The van der Waals surface area contributed by atoms with Gasteiger partial charge in [0, 0.05) is 24.5 Å². The van der Waals surface area contributed by atoms with Crippen LogP contribution in [0.1, 0.15) is 6.42 Å². The highest BCUT2D eigenvalue weighted by Gasteiger charge is 1.84. The highest BCUT2D eigenvalue weighted by molar-refractivity contribution is 5.72. The number of aliphatic imine (C=N–C) groups is 1. The average Bonchev–Trinajstić information content (AvgIpc) is 1.94. The maximum absolute atomic E-state index is 5.43. The molecule has 0 bridgehead atoms. The van der Waals surface area contributed by atoms with E-state index in [2.05, 4.69) is 4.99 Å². The Kier molecular flexibility index (Phi) is 1.47. The lowest BCUT2D eigenvalue weighted by Crippen LogP contribution is -1.92. The molecule has 0 fully saturated rings. The molecule has 1 rings (SSSR count). The minimum absolute atomic E-state index is 0.815. The van der Waals surface area contributed by atoms with Gasteiger partial charge < -0.3 is 5.73 Å². The second-order valence-corrected chi connectivity index (χ2v) is 1.63. The first-order valence-electron chi connectivity index (χ1n) is 2.52. The molecule has 0 amide bonds. The molecule has 8 heavy (non-hydrogen) atoms. The van der Waals surface area contributed by atoms with Crippen LogP contribution in [0.4, 0.5) is 0 Å². The lowest BCUT2D eigenvalue weighted by Gasteiger charge is -1.87. The third-order valence-corrected chi connectivity index (χ3v) is 0.902. The predicted molar refractivity (Wildman–Crippen MR) is 34.5 cm³/mol. The summed E-state index contributed by atoms with van der Waals surface area (Å²) in [6.07, 6.45) is 8.07. The smallest absolute Gasteiger partial charge is 0.0458 e. The first-order valence-corrected chi connectivity index (χ1v) is 2.52. The fourth-order valence-corrected chi connectivity index (χ4v) is 0.506. The molecule has 2 heteroatoms. The molecule has 0 radical (unpaired) electrons. The quantitative estimate of drug-likeness (QED) is 0.490. The number of nitrogens with zero attached hydrogens (tertiary/aromatic N) is 1. The highest BCUT2D eigenvalue weighted by Crippen LogP contribution is 1.96. The largest absolute Gasteiger partial charge is 0.401 e. The molecule has 42 valence electrons. The third-order valence-electron chi connectivity index (χ3n) is 0.902. The topological polar surface area (TPSA) is 38.4 Å². The SMILES string of the molecule is NC1=CN=CC=CC1. The minimum atomic E-state index is 0.815. The normalized spacial score (nSPS) is 17.8. The molecule has 1 heterocycles. The van der Waals surface area contributed by atoms with Crippen molar-refractivity contribution in [3.63, 3.8) is 0 Å². The van der Waals surface area contributed by atoms with Gasteiger partial charge in [-0.3, -0.25) is 4.99 Å². The van der Waals surface area contributed by atoms with E-state index in [0.717, 1.165) is 12.1 Å². The van der Waals surface area contributed by atoms with Gasteiger partial charge in [0.05, 0.1) is 0 Å². The Balaban J connectivity index is 2.69. The molecule has 1 aliphatic heterocycles. The van der Waals surface area contributed by atoms with Crippen LogP contribution in [0.15, 0.2) is 29.0 Å². The molecule has 2 nitrogen and oxygen atoms in total. The van der Waals surface area contributed by atoms with Gasteiger partial charge in [-0.05, 0) is 6.08 Å². The lowest BCUT2D eigenvalue weighted by atomic mass is 10.3. The van der Waals surface area contributed by atoms with Crippen molar-refractivity contribution in [3.05, 3.63) is 24.0 Å². The van der Waals surface area contributed by atoms with Crippen molar-refractivity contribution in [2.75, 3.05) is 0 Å². The maximum Gasteiger partial charge on any atom is 0.0458 e. The standard InChI is InChI=1S/C6H8N2/c7-6-3-1-2-4-8-5-6/h1-2,4-5H,3,7H2. The van der Waals surface area contributed by atoms with Gasteiger partial charge in [0.25, 0.3) is 0 Å². The zero-order valence-corrected chi connectivity index (χ0v) is 4.54. The van der Waals surface area contributed by atoms with Gasteiger partial charge in [-0.25, -0.2) is 0 Å². The van der Waals surface area contributed by atoms with E-state index in [-0.39, 0.29) is 0 Å². The van der Waals surface area contributed by atoms with Crippen LogP contribution in [-0.2, 0) is 0 Å². The van der Waals surface area contributed by atoms with Gasteiger partial charge in [-0.1, -0.05) is 6.08 Å². The van der Waals surface area contributed by atoms with Crippen LogP contribution in [-0.4, -0.2) is 6.21 Å². The zero-order valence-electron chi connectivity index (χ0n) is 4.54. The molecule has 0 aliphatic carbocycles. The summed E-state index contributed by atoms with van der Waals surface area (Å²) in [5, 5.41) is 0. The van der Waals surface area contributed by atoms with Crippen LogP contribution in [0.25, 0.3) is 0 Å². The molecule has 0 saturated carbocycles. The summed E-state index contributed by atoms with van der Waals surface area (Å²) in [7, 11) is 0. The molecule has 0 unspecified atom stereocenters. The van der Waals surface area contributed by atoms with Crippen LogP contribution < -0.4 is 5.73 Å². The molecule has 0 spiro atoms. The van der Waals surface area contributed by atoms with Gasteiger partial charge in [-0.2, -0.15) is 0 Å². The second kappa shape index (κ2) is 2.31. The Morgan fingerprint density at radius 3 is 3.38 bits per heavy atom. The molecule has 1 aliphatic rings. The van der Waals surface area contributed by atoms with Crippen LogP contribution in [0, 0.1) is 0 Å². The summed E-state index contributed by atoms with van der Waals surface area (Å²) >= 11 is 0. The number of nitrogens with two attached hydrogens (primary N) is 1. The van der Waals surface area contributed by atoms with Crippen LogP contribution >= 0.6 is 0 Å². The molecule has 2 N–H and O–H groups in total. The lowest BCUT2D eigenvalue weighted by molar-refractivity contribution is 1.16. The Morgan fingerprint density at radius 1 is 1.62 bits per heavy atom. The van der Waals surface area contributed by atoms with Crippen LogP contribution in [0.2, 0.25) is 0 Å². The molecule has 0 atom stereocenters. The molecular weight excluding hydrogens is 100 g/mol. The van der Waals surface area contributed by atoms with E-state index in [4.69, 9.17) is 5.73 Å². The summed E-state index contributed by atoms with van der Waals surface area (Å²) in [5.41, 5.74) is 6.25. The second-order valence-electron chi connectivity index (χ2n) is 1.63. The van der Waals surface area contributed by atoms with Crippen LogP contribution in [0.5, 0.6) is 0 Å². The van der Waals surface area contributed by atoms with Crippen molar-refractivity contribution >= 4 is 6.21 Å². The maximum atomic E-state index is 5.43. The first-order chi connectivity index (χ1) is 3.89.